The highest BCUT2D eigenvalue weighted by Gasteiger charge is 2.28. The van der Waals surface area contributed by atoms with Crippen LogP contribution in [0.5, 0.6) is 0 Å². The van der Waals surface area contributed by atoms with E-state index in [4.69, 9.17) is 8.85 Å². The van der Waals surface area contributed by atoms with Gasteiger partial charge in [0.1, 0.15) is 0 Å². The zero-order valence-electron chi connectivity index (χ0n) is 12.1. The maximum Gasteiger partial charge on any atom is 0.210 e. The topological polar surface area (TPSA) is 18.5 Å². The van der Waals surface area contributed by atoms with Crippen molar-refractivity contribution >= 4 is 16.6 Å². The van der Waals surface area contributed by atoms with Crippen molar-refractivity contribution in [3.05, 3.63) is 0 Å². The molecule has 98 valence electrons. The second-order valence-corrected chi connectivity index (χ2v) is 14.3. The average Bonchev–Trinajstić information content (AvgIpc) is 2.22. The van der Waals surface area contributed by atoms with E-state index in [1.54, 1.807) is 0 Å². The standard InChI is InChI=1S/C12H30O2Si2/c1-7-8-9-10-11-15(3,4)14-12-16(5,6)13-2/h7-12H2,1-6H3. The first-order valence-corrected chi connectivity index (χ1v) is 12.8. The van der Waals surface area contributed by atoms with E-state index in [2.05, 4.69) is 33.1 Å². The van der Waals surface area contributed by atoms with E-state index >= 15 is 0 Å². The van der Waals surface area contributed by atoms with Crippen molar-refractivity contribution < 1.29 is 8.85 Å². The maximum atomic E-state index is 6.14. The highest BCUT2D eigenvalue weighted by atomic mass is 28.4. The fourth-order valence-electron chi connectivity index (χ4n) is 1.48. The molecular formula is C12H30O2Si2. The molecule has 0 unspecified atom stereocenters. The summed E-state index contributed by atoms with van der Waals surface area (Å²) in [7, 11) is -1.14. The Morgan fingerprint density at radius 3 is 2.00 bits per heavy atom. The molecule has 2 nitrogen and oxygen atoms in total. The lowest BCUT2D eigenvalue weighted by molar-refractivity contribution is 0.312. The number of unbranched alkanes of at least 4 members (excludes halogenated alkanes) is 3. The molecule has 0 bridgehead atoms. The van der Waals surface area contributed by atoms with Crippen LogP contribution in [-0.2, 0) is 8.85 Å². The number of hydrogen-bond donors (Lipinski definition) is 0. The Balaban J connectivity index is 3.77. The smallest absolute Gasteiger partial charge is 0.210 e. The van der Waals surface area contributed by atoms with Crippen LogP contribution in [0, 0.1) is 0 Å². The molecule has 0 aromatic carbocycles. The van der Waals surface area contributed by atoms with Crippen molar-refractivity contribution in [2.75, 3.05) is 13.3 Å². The van der Waals surface area contributed by atoms with Crippen molar-refractivity contribution in [1.82, 2.24) is 0 Å². The molecule has 0 atom stereocenters. The third-order valence-electron chi connectivity index (χ3n) is 3.00. The minimum absolute atomic E-state index is 0.858. The summed E-state index contributed by atoms with van der Waals surface area (Å²) in [5, 5.41) is 0. The van der Waals surface area contributed by atoms with E-state index in [9.17, 15) is 0 Å². The van der Waals surface area contributed by atoms with Gasteiger partial charge in [-0.1, -0.05) is 32.6 Å². The fourth-order valence-corrected chi connectivity index (χ4v) is 5.79. The second-order valence-electron chi connectivity index (χ2n) is 5.82. The van der Waals surface area contributed by atoms with Gasteiger partial charge in [0, 0.05) is 7.11 Å². The monoisotopic (exact) mass is 262 g/mol. The van der Waals surface area contributed by atoms with Crippen LogP contribution in [-0.4, -0.2) is 30.0 Å². The van der Waals surface area contributed by atoms with Gasteiger partial charge in [-0.2, -0.15) is 0 Å². The Hall–Kier alpha value is 0.354. The summed E-state index contributed by atoms with van der Waals surface area (Å²) >= 11 is 0. The maximum absolute atomic E-state index is 6.14. The first kappa shape index (κ1) is 16.4. The summed E-state index contributed by atoms with van der Waals surface area (Å²) in [4.78, 5) is 0. The Kier molecular flexibility index (Phi) is 7.80. The summed E-state index contributed by atoms with van der Waals surface area (Å²) in [5.41, 5.74) is 0. The Morgan fingerprint density at radius 2 is 1.50 bits per heavy atom. The van der Waals surface area contributed by atoms with Crippen LogP contribution in [0.2, 0.25) is 32.2 Å². The van der Waals surface area contributed by atoms with Crippen molar-refractivity contribution in [2.24, 2.45) is 0 Å². The van der Waals surface area contributed by atoms with Gasteiger partial charge in [0.2, 0.25) is 8.32 Å². The lowest BCUT2D eigenvalue weighted by Gasteiger charge is -2.28. The first-order valence-electron chi connectivity index (χ1n) is 6.52. The second kappa shape index (κ2) is 7.64. The minimum Gasteiger partial charge on any atom is -0.418 e. The minimum atomic E-state index is -1.53. The van der Waals surface area contributed by atoms with Gasteiger partial charge in [-0.15, -0.1) is 0 Å². The van der Waals surface area contributed by atoms with E-state index < -0.39 is 16.6 Å². The highest BCUT2D eigenvalue weighted by molar-refractivity contribution is 6.75. The van der Waals surface area contributed by atoms with Gasteiger partial charge < -0.3 is 8.85 Å². The predicted octanol–water partition coefficient (Wildman–Crippen LogP) is 4.18. The summed E-state index contributed by atoms with van der Waals surface area (Å²) in [6.07, 6.45) is 6.23. The van der Waals surface area contributed by atoms with Crippen LogP contribution in [0.3, 0.4) is 0 Å². The predicted molar refractivity (Wildman–Crippen MR) is 76.9 cm³/mol. The van der Waals surface area contributed by atoms with Crippen LogP contribution in [0.15, 0.2) is 0 Å². The molecule has 0 aromatic heterocycles. The Labute approximate surface area is 104 Å². The van der Waals surface area contributed by atoms with E-state index in [1.807, 2.05) is 7.11 Å². The van der Waals surface area contributed by atoms with Crippen molar-refractivity contribution in [1.29, 1.82) is 0 Å². The van der Waals surface area contributed by atoms with Crippen LogP contribution < -0.4 is 0 Å². The van der Waals surface area contributed by atoms with Crippen molar-refractivity contribution in [2.45, 2.75) is 64.8 Å². The van der Waals surface area contributed by atoms with Crippen LogP contribution in [0.4, 0.5) is 0 Å². The largest absolute Gasteiger partial charge is 0.418 e. The van der Waals surface area contributed by atoms with Crippen LogP contribution >= 0.6 is 0 Å². The molecule has 0 saturated heterocycles. The molecule has 0 amide bonds. The average molecular weight is 263 g/mol. The van der Waals surface area contributed by atoms with Gasteiger partial charge in [-0.25, -0.2) is 0 Å². The molecule has 0 saturated carbocycles. The van der Waals surface area contributed by atoms with Crippen LogP contribution in [0.25, 0.3) is 0 Å². The van der Waals surface area contributed by atoms with Crippen molar-refractivity contribution in [3.8, 4) is 0 Å². The van der Waals surface area contributed by atoms with E-state index in [0.29, 0.717) is 0 Å². The lowest BCUT2D eigenvalue weighted by atomic mass is 10.2. The molecule has 0 aliphatic rings. The molecule has 4 heteroatoms. The molecule has 0 radical (unpaired) electrons. The van der Waals surface area contributed by atoms with E-state index in [1.165, 1.54) is 31.7 Å². The number of rotatable bonds is 9. The van der Waals surface area contributed by atoms with E-state index in [-0.39, 0.29) is 0 Å². The normalized spacial score (nSPS) is 13.1. The molecule has 0 aromatic rings. The van der Waals surface area contributed by atoms with E-state index in [0.717, 1.165) is 6.23 Å². The molecular weight excluding hydrogens is 232 g/mol. The first-order chi connectivity index (χ1) is 7.33. The van der Waals surface area contributed by atoms with Gasteiger partial charge in [-0.05, 0) is 32.2 Å². The van der Waals surface area contributed by atoms with Gasteiger partial charge in [-0.3, -0.25) is 0 Å². The quantitative estimate of drug-likeness (QED) is 0.458. The summed E-state index contributed by atoms with van der Waals surface area (Å²) < 4.78 is 11.7. The Morgan fingerprint density at radius 1 is 0.875 bits per heavy atom. The molecule has 0 aliphatic carbocycles. The zero-order chi connectivity index (χ0) is 12.7. The molecule has 16 heavy (non-hydrogen) atoms. The molecule has 0 fully saturated rings. The molecule has 0 heterocycles. The molecule has 0 rings (SSSR count). The Bertz CT molecular complexity index is 182. The third kappa shape index (κ3) is 8.50. The van der Waals surface area contributed by atoms with Crippen molar-refractivity contribution in [3.63, 3.8) is 0 Å². The SMILES string of the molecule is CCCCCC[Si](C)(C)OC[Si](C)(C)OC. The third-order valence-corrected chi connectivity index (χ3v) is 7.71. The zero-order valence-corrected chi connectivity index (χ0v) is 14.1. The molecule has 0 N–H and O–H groups in total. The molecule has 0 aliphatic heterocycles. The van der Waals surface area contributed by atoms with Crippen LogP contribution in [0.1, 0.15) is 32.6 Å². The summed E-state index contributed by atoms with van der Waals surface area (Å²) in [6, 6.07) is 1.29. The number of hydrogen-bond acceptors (Lipinski definition) is 2. The van der Waals surface area contributed by atoms with Gasteiger partial charge >= 0.3 is 0 Å². The lowest BCUT2D eigenvalue weighted by Crippen LogP contribution is -2.42. The molecule has 0 spiro atoms. The van der Waals surface area contributed by atoms with Gasteiger partial charge in [0.15, 0.2) is 8.32 Å². The summed E-state index contributed by atoms with van der Waals surface area (Å²) in [5.74, 6) is 0. The van der Waals surface area contributed by atoms with Gasteiger partial charge in [0.25, 0.3) is 0 Å². The van der Waals surface area contributed by atoms with Gasteiger partial charge in [0.05, 0.1) is 6.23 Å². The summed E-state index contributed by atoms with van der Waals surface area (Å²) in [6.45, 7) is 11.4. The fraction of sp³-hybridized carbons (Fsp3) is 1.00. The highest BCUT2D eigenvalue weighted by Crippen LogP contribution is 2.18.